The number of aromatic nitrogens is 1. The predicted molar refractivity (Wildman–Crippen MR) is 90.5 cm³/mol. The molecule has 0 radical (unpaired) electrons. The van der Waals surface area contributed by atoms with Crippen LogP contribution in [0.1, 0.15) is 44.2 Å². The zero-order valence-corrected chi connectivity index (χ0v) is 12.9. The van der Waals surface area contributed by atoms with Gasteiger partial charge in [0.1, 0.15) is 0 Å². The third kappa shape index (κ3) is 3.76. The van der Waals surface area contributed by atoms with Crippen molar-refractivity contribution in [2.75, 3.05) is 0 Å². The fourth-order valence-electron chi connectivity index (χ4n) is 2.95. The maximum absolute atomic E-state index is 3.80. The summed E-state index contributed by atoms with van der Waals surface area (Å²) in [5.74, 6) is 0. The monoisotopic (exact) mass is 282 g/mol. The predicted octanol–water partition coefficient (Wildman–Crippen LogP) is 4.64. The number of aryl methyl sites for hydroxylation is 1. The lowest BCUT2D eigenvalue weighted by molar-refractivity contribution is 0.568. The topological polar surface area (TPSA) is 17.0 Å². The van der Waals surface area contributed by atoms with Crippen molar-refractivity contribution in [1.29, 1.82) is 0 Å². The van der Waals surface area contributed by atoms with Gasteiger partial charge < -0.3 is 9.88 Å². The molecule has 0 spiro atoms. The van der Waals surface area contributed by atoms with E-state index in [9.17, 15) is 0 Å². The molecule has 21 heavy (non-hydrogen) atoms. The van der Waals surface area contributed by atoms with Crippen LogP contribution < -0.4 is 5.32 Å². The maximum atomic E-state index is 3.80. The van der Waals surface area contributed by atoms with Crippen molar-refractivity contribution in [3.8, 4) is 0 Å². The fourth-order valence-corrected chi connectivity index (χ4v) is 2.95. The number of hydrogen-bond acceptors (Lipinski definition) is 1. The molecular weight excluding hydrogens is 256 g/mol. The fraction of sp³-hybridized carbons (Fsp3) is 0.474. The van der Waals surface area contributed by atoms with Gasteiger partial charge in [-0.05, 0) is 49.6 Å². The van der Waals surface area contributed by atoms with Crippen LogP contribution in [0.5, 0.6) is 0 Å². The standard InChI is InChI=1S/C19H26N2/c1-2-3-4-5-8-13-21-18(15-20-17-11-12-17)14-16-9-6-7-10-19(16)21/h2,6-7,9-10,14,17,20H,1,3-5,8,11-13,15H2. The van der Waals surface area contributed by atoms with E-state index >= 15 is 0 Å². The molecule has 2 aromatic rings. The summed E-state index contributed by atoms with van der Waals surface area (Å²) < 4.78 is 2.51. The highest BCUT2D eigenvalue weighted by molar-refractivity contribution is 5.81. The Labute approximate surface area is 127 Å². The zero-order valence-electron chi connectivity index (χ0n) is 12.9. The van der Waals surface area contributed by atoms with Crippen LogP contribution in [0.4, 0.5) is 0 Å². The Morgan fingerprint density at radius 3 is 2.86 bits per heavy atom. The Morgan fingerprint density at radius 2 is 2.05 bits per heavy atom. The van der Waals surface area contributed by atoms with Crippen molar-refractivity contribution >= 4 is 10.9 Å². The normalized spacial score (nSPS) is 14.7. The van der Waals surface area contributed by atoms with Crippen molar-refractivity contribution in [1.82, 2.24) is 9.88 Å². The first-order chi connectivity index (χ1) is 10.4. The van der Waals surface area contributed by atoms with Crippen LogP contribution >= 0.6 is 0 Å². The van der Waals surface area contributed by atoms with Gasteiger partial charge in [0.2, 0.25) is 0 Å². The first kappa shape index (κ1) is 14.4. The second-order valence-electron chi connectivity index (χ2n) is 6.14. The van der Waals surface area contributed by atoms with Gasteiger partial charge in [0, 0.05) is 30.3 Å². The van der Waals surface area contributed by atoms with Crippen LogP contribution in [0.2, 0.25) is 0 Å². The average Bonchev–Trinajstić information content (AvgIpc) is 3.27. The van der Waals surface area contributed by atoms with Gasteiger partial charge in [-0.25, -0.2) is 0 Å². The third-order valence-electron chi connectivity index (χ3n) is 4.34. The van der Waals surface area contributed by atoms with Crippen LogP contribution in [-0.4, -0.2) is 10.6 Å². The van der Waals surface area contributed by atoms with E-state index in [1.807, 2.05) is 6.08 Å². The van der Waals surface area contributed by atoms with Gasteiger partial charge in [-0.3, -0.25) is 0 Å². The maximum Gasteiger partial charge on any atom is 0.0482 e. The quantitative estimate of drug-likeness (QED) is 0.524. The number of nitrogens with one attached hydrogen (secondary N) is 1. The van der Waals surface area contributed by atoms with Crippen molar-refractivity contribution in [2.45, 2.75) is 57.7 Å². The number of rotatable bonds is 9. The minimum atomic E-state index is 0.768. The number of allylic oxidation sites excluding steroid dienone is 1. The van der Waals surface area contributed by atoms with E-state index < -0.39 is 0 Å². The minimum absolute atomic E-state index is 0.768. The summed E-state index contributed by atoms with van der Waals surface area (Å²) >= 11 is 0. The molecule has 1 heterocycles. The first-order valence-electron chi connectivity index (χ1n) is 8.30. The van der Waals surface area contributed by atoms with E-state index in [0.29, 0.717) is 0 Å². The summed E-state index contributed by atoms with van der Waals surface area (Å²) in [5, 5.41) is 5.02. The Hall–Kier alpha value is -1.54. The molecule has 0 atom stereocenters. The Bertz CT molecular complexity index is 593. The largest absolute Gasteiger partial charge is 0.343 e. The smallest absolute Gasteiger partial charge is 0.0482 e. The molecule has 0 aliphatic heterocycles. The molecule has 1 saturated carbocycles. The van der Waals surface area contributed by atoms with E-state index in [-0.39, 0.29) is 0 Å². The molecule has 0 saturated heterocycles. The lowest BCUT2D eigenvalue weighted by Gasteiger charge is -2.11. The molecule has 3 rings (SSSR count). The Kier molecular flexibility index (Phi) is 4.76. The number of nitrogens with zero attached hydrogens (tertiary/aromatic N) is 1. The van der Waals surface area contributed by atoms with Gasteiger partial charge in [-0.1, -0.05) is 30.7 Å². The average molecular weight is 282 g/mol. The number of fused-ring (bicyclic) bond motifs is 1. The van der Waals surface area contributed by atoms with Crippen molar-refractivity contribution in [3.63, 3.8) is 0 Å². The van der Waals surface area contributed by atoms with Crippen LogP contribution in [-0.2, 0) is 13.1 Å². The number of hydrogen-bond donors (Lipinski definition) is 1. The first-order valence-corrected chi connectivity index (χ1v) is 8.30. The molecular formula is C19H26N2. The highest BCUT2D eigenvalue weighted by Crippen LogP contribution is 2.23. The lowest BCUT2D eigenvalue weighted by atomic mass is 10.2. The molecule has 1 aromatic carbocycles. The molecule has 0 amide bonds. The van der Waals surface area contributed by atoms with Crippen molar-refractivity contribution in [3.05, 3.63) is 48.7 Å². The Balaban J connectivity index is 1.69. The van der Waals surface area contributed by atoms with E-state index in [0.717, 1.165) is 25.6 Å². The van der Waals surface area contributed by atoms with Gasteiger partial charge in [0.15, 0.2) is 0 Å². The van der Waals surface area contributed by atoms with Crippen molar-refractivity contribution < 1.29 is 0 Å². The SMILES string of the molecule is C=CCCCCCn1c(CNC2CC2)cc2ccccc21. The van der Waals surface area contributed by atoms with Crippen molar-refractivity contribution in [2.24, 2.45) is 0 Å². The lowest BCUT2D eigenvalue weighted by Crippen LogP contribution is -2.18. The van der Waals surface area contributed by atoms with Gasteiger partial charge in [0.05, 0.1) is 0 Å². The molecule has 2 nitrogen and oxygen atoms in total. The zero-order chi connectivity index (χ0) is 14.5. The molecule has 1 fully saturated rings. The molecule has 112 valence electrons. The second-order valence-corrected chi connectivity index (χ2v) is 6.14. The van der Waals surface area contributed by atoms with Crippen LogP contribution in [0.25, 0.3) is 10.9 Å². The van der Waals surface area contributed by atoms with Gasteiger partial charge in [-0.2, -0.15) is 0 Å². The van der Waals surface area contributed by atoms with Crippen LogP contribution in [0.3, 0.4) is 0 Å². The van der Waals surface area contributed by atoms with E-state index in [1.165, 1.54) is 48.7 Å². The minimum Gasteiger partial charge on any atom is -0.343 e. The Morgan fingerprint density at radius 1 is 1.19 bits per heavy atom. The third-order valence-corrected chi connectivity index (χ3v) is 4.34. The summed E-state index contributed by atoms with van der Waals surface area (Å²) in [5.41, 5.74) is 2.82. The number of unbranched alkanes of at least 4 members (excludes halogenated alkanes) is 3. The molecule has 1 aromatic heterocycles. The summed E-state index contributed by atoms with van der Waals surface area (Å²) in [6, 6.07) is 11.9. The highest BCUT2D eigenvalue weighted by atomic mass is 15.0. The van der Waals surface area contributed by atoms with Gasteiger partial charge >= 0.3 is 0 Å². The molecule has 2 heteroatoms. The summed E-state index contributed by atoms with van der Waals surface area (Å²) in [6.07, 6.45) is 9.66. The van der Waals surface area contributed by atoms with E-state index in [1.54, 1.807) is 0 Å². The molecule has 1 aliphatic rings. The van der Waals surface area contributed by atoms with Gasteiger partial charge in [-0.15, -0.1) is 6.58 Å². The van der Waals surface area contributed by atoms with Crippen LogP contribution in [0, 0.1) is 0 Å². The molecule has 0 unspecified atom stereocenters. The molecule has 0 bridgehead atoms. The molecule has 1 N–H and O–H groups in total. The summed E-state index contributed by atoms with van der Waals surface area (Å²) in [4.78, 5) is 0. The number of benzene rings is 1. The number of para-hydroxylation sites is 1. The summed E-state index contributed by atoms with van der Waals surface area (Å²) in [6.45, 7) is 5.93. The van der Waals surface area contributed by atoms with E-state index in [4.69, 9.17) is 0 Å². The highest BCUT2D eigenvalue weighted by Gasteiger charge is 2.20. The second kappa shape index (κ2) is 6.95. The molecule has 1 aliphatic carbocycles. The van der Waals surface area contributed by atoms with Gasteiger partial charge in [0.25, 0.3) is 0 Å². The van der Waals surface area contributed by atoms with Crippen LogP contribution in [0.15, 0.2) is 43.0 Å². The van der Waals surface area contributed by atoms with E-state index in [2.05, 4.69) is 46.8 Å². The summed E-state index contributed by atoms with van der Waals surface area (Å²) in [7, 11) is 0.